The Morgan fingerprint density at radius 2 is 1.53 bits per heavy atom. The second kappa shape index (κ2) is 12.0. The molecule has 1 fully saturated rings. The summed E-state index contributed by atoms with van der Waals surface area (Å²) in [5.74, 6) is -4.15. The number of piperidine rings is 1. The van der Waals surface area contributed by atoms with Crippen molar-refractivity contribution in [2.45, 2.75) is 63.4 Å². The molecule has 1 aromatic carbocycles. The van der Waals surface area contributed by atoms with Gasteiger partial charge < -0.3 is 39.5 Å². The molecule has 0 bridgehead atoms. The second-order valence-electron chi connectivity index (χ2n) is 8.56. The first kappa shape index (κ1) is 27.4. The molecule has 11 heteroatoms. The lowest BCUT2D eigenvalue weighted by Gasteiger charge is -2.31. The Morgan fingerprint density at radius 3 is 1.97 bits per heavy atom. The maximum atomic E-state index is 10.3. The normalized spacial score (nSPS) is 17.9. The first-order chi connectivity index (χ1) is 15.9. The summed E-state index contributed by atoms with van der Waals surface area (Å²) in [4.78, 5) is 33.0. The zero-order chi connectivity index (χ0) is 25.4. The van der Waals surface area contributed by atoms with Crippen molar-refractivity contribution in [3.63, 3.8) is 0 Å². The minimum atomic E-state index is -2.74. The van der Waals surface area contributed by atoms with Gasteiger partial charge in [0.2, 0.25) is 0 Å². The molecular formula is C23H33NO10. The van der Waals surface area contributed by atoms with Gasteiger partial charge in [-0.3, -0.25) is 9.59 Å². The van der Waals surface area contributed by atoms with Gasteiger partial charge >= 0.3 is 17.9 Å². The van der Waals surface area contributed by atoms with Crippen LogP contribution in [-0.4, -0.2) is 87.0 Å². The number of nitrogens with zero attached hydrogens (tertiary/aromatic N) is 1. The van der Waals surface area contributed by atoms with Crippen LogP contribution in [0.1, 0.15) is 46.0 Å². The summed E-state index contributed by atoms with van der Waals surface area (Å²) >= 11 is 0. The van der Waals surface area contributed by atoms with E-state index in [0.717, 1.165) is 24.7 Å². The van der Waals surface area contributed by atoms with Crippen LogP contribution in [0.4, 0.5) is 0 Å². The summed E-state index contributed by atoms with van der Waals surface area (Å²) < 4.78 is 17.8. The fourth-order valence-electron chi connectivity index (χ4n) is 3.65. The number of hydrogen-bond acceptors (Lipinski definition) is 8. The number of ether oxygens (including phenoxy) is 3. The Labute approximate surface area is 197 Å². The highest BCUT2D eigenvalue weighted by atomic mass is 16.8. The van der Waals surface area contributed by atoms with Crippen LogP contribution in [0.15, 0.2) is 24.3 Å². The fourth-order valence-corrected chi connectivity index (χ4v) is 3.65. The van der Waals surface area contributed by atoms with E-state index in [1.807, 2.05) is 38.1 Å². The van der Waals surface area contributed by atoms with Crippen LogP contribution in [0.5, 0.6) is 11.5 Å². The number of para-hydroxylation sites is 2. The number of hydrogen-bond donors (Lipinski definition) is 4. The molecule has 34 heavy (non-hydrogen) atoms. The number of fused-ring (bicyclic) bond motifs is 1. The van der Waals surface area contributed by atoms with Crippen LogP contribution in [0.2, 0.25) is 0 Å². The molecular weight excluding hydrogens is 450 g/mol. The number of carboxylic acids is 3. The molecule has 3 rings (SSSR count). The molecule has 1 aromatic rings. The van der Waals surface area contributed by atoms with Crippen LogP contribution in [0.25, 0.3) is 0 Å². The molecule has 4 N–H and O–H groups in total. The minimum Gasteiger partial charge on any atom is -0.481 e. The van der Waals surface area contributed by atoms with E-state index in [-0.39, 0.29) is 6.10 Å². The largest absolute Gasteiger partial charge is 0.481 e. The lowest BCUT2D eigenvalue weighted by molar-refractivity contribution is -0.170. The molecule has 1 atom stereocenters. The quantitative estimate of drug-likeness (QED) is 0.384. The minimum absolute atomic E-state index is 0.116. The Bertz CT molecular complexity index is 811. The summed E-state index contributed by atoms with van der Waals surface area (Å²) in [5.41, 5.74) is -2.74. The van der Waals surface area contributed by atoms with Crippen LogP contribution >= 0.6 is 0 Å². The van der Waals surface area contributed by atoms with Gasteiger partial charge in [-0.25, -0.2) is 4.79 Å². The third-order valence-electron chi connectivity index (χ3n) is 5.72. The average molecular weight is 484 g/mol. The summed E-state index contributed by atoms with van der Waals surface area (Å²) in [6, 6.07) is 7.77. The number of benzene rings is 1. The number of likely N-dealkylation sites (tertiary alicyclic amines) is 1. The van der Waals surface area contributed by atoms with Crippen molar-refractivity contribution in [1.82, 2.24) is 4.90 Å². The van der Waals surface area contributed by atoms with Gasteiger partial charge in [0.1, 0.15) is 6.10 Å². The Morgan fingerprint density at radius 1 is 1.03 bits per heavy atom. The van der Waals surface area contributed by atoms with E-state index < -0.39 is 42.1 Å². The van der Waals surface area contributed by atoms with E-state index >= 15 is 0 Å². The van der Waals surface area contributed by atoms with Crippen molar-refractivity contribution in [1.29, 1.82) is 0 Å². The van der Waals surface area contributed by atoms with Gasteiger partial charge in [-0.1, -0.05) is 18.6 Å². The SMILES string of the molecule is CC(OCCN1CCCCC1)C1(C)Oc2ccccc2O1.O=C(O)CC(O)(CC(=O)O)C(=O)O. The van der Waals surface area contributed by atoms with Crippen LogP contribution < -0.4 is 9.47 Å². The summed E-state index contributed by atoms with van der Waals surface area (Å²) in [6.45, 7) is 8.08. The summed E-state index contributed by atoms with van der Waals surface area (Å²) in [5, 5.41) is 33.8. The smallest absolute Gasteiger partial charge is 0.336 e. The maximum absolute atomic E-state index is 10.3. The number of carbonyl (C=O) groups is 3. The molecule has 11 nitrogen and oxygen atoms in total. The first-order valence-corrected chi connectivity index (χ1v) is 11.2. The van der Waals surface area contributed by atoms with E-state index in [1.165, 1.54) is 32.4 Å². The molecule has 0 spiro atoms. The summed E-state index contributed by atoms with van der Waals surface area (Å²) in [6.07, 6.45) is 1.59. The molecule has 0 saturated carbocycles. The zero-order valence-electron chi connectivity index (χ0n) is 19.4. The van der Waals surface area contributed by atoms with Gasteiger partial charge in [0, 0.05) is 13.5 Å². The lowest BCUT2D eigenvalue weighted by atomic mass is 9.96. The van der Waals surface area contributed by atoms with Crippen molar-refractivity contribution in [3.8, 4) is 11.5 Å². The predicted octanol–water partition coefficient (Wildman–Crippen LogP) is 1.82. The van der Waals surface area contributed by atoms with Gasteiger partial charge in [-0.15, -0.1) is 0 Å². The van der Waals surface area contributed by atoms with E-state index in [9.17, 15) is 14.4 Å². The molecule has 2 aliphatic rings. The van der Waals surface area contributed by atoms with Crippen LogP contribution in [-0.2, 0) is 19.1 Å². The van der Waals surface area contributed by atoms with Crippen molar-refractivity contribution in [3.05, 3.63) is 24.3 Å². The highest BCUT2D eigenvalue weighted by Crippen LogP contribution is 2.40. The van der Waals surface area contributed by atoms with Crippen LogP contribution in [0.3, 0.4) is 0 Å². The molecule has 0 radical (unpaired) electrons. The van der Waals surface area contributed by atoms with Gasteiger partial charge in [0.05, 0.1) is 19.4 Å². The van der Waals surface area contributed by atoms with Crippen molar-refractivity contribution >= 4 is 17.9 Å². The third kappa shape index (κ3) is 7.86. The topological polar surface area (TPSA) is 163 Å². The van der Waals surface area contributed by atoms with Crippen molar-refractivity contribution in [2.24, 2.45) is 0 Å². The molecule has 2 heterocycles. The highest BCUT2D eigenvalue weighted by molar-refractivity contribution is 5.88. The van der Waals surface area contributed by atoms with Gasteiger partial charge in [-0.2, -0.15) is 0 Å². The molecule has 0 amide bonds. The number of aliphatic hydroxyl groups is 1. The third-order valence-corrected chi connectivity index (χ3v) is 5.72. The van der Waals surface area contributed by atoms with Gasteiger partial charge in [0.15, 0.2) is 17.1 Å². The number of aliphatic carboxylic acids is 3. The van der Waals surface area contributed by atoms with E-state index in [0.29, 0.717) is 0 Å². The lowest BCUT2D eigenvalue weighted by Crippen LogP contribution is -2.47. The van der Waals surface area contributed by atoms with Gasteiger partial charge in [0.25, 0.3) is 5.79 Å². The second-order valence-corrected chi connectivity index (χ2v) is 8.56. The highest BCUT2D eigenvalue weighted by Gasteiger charge is 2.43. The van der Waals surface area contributed by atoms with Gasteiger partial charge in [-0.05, 0) is 45.0 Å². The van der Waals surface area contributed by atoms with Crippen molar-refractivity contribution in [2.75, 3.05) is 26.2 Å². The Hall–Kier alpha value is -2.89. The Balaban J connectivity index is 0.000000273. The molecule has 1 saturated heterocycles. The summed E-state index contributed by atoms with van der Waals surface area (Å²) in [7, 11) is 0. The molecule has 2 aliphatic heterocycles. The number of carboxylic acid groups (broad SMARTS) is 3. The van der Waals surface area contributed by atoms with E-state index in [2.05, 4.69) is 4.90 Å². The fraction of sp³-hybridized carbons (Fsp3) is 0.609. The zero-order valence-corrected chi connectivity index (χ0v) is 19.4. The molecule has 1 unspecified atom stereocenters. The maximum Gasteiger partial charge on any atom is 0.336 e. The molecule has 0 aromatic heterocycles. The average Bonchev–Trinajstić information content (AvgIpc) is 3.11. The number of rotatable bonds is 10. The molecule has 190 valence electrons. The van der Waals surface area contributed by atoms with Crippen molar-refractivity contribution < 1.29 is 49.0 Å². The first-order valence-electron chi connectivity index (χ1n) is 11.2. The monoisotopic (exact) mass is 483 g/mol. The molecule has 0 aliphatic carbocycles. The van der Waals surface area contributed by atoms with Crippen LogP contribution in [0, 0.1) is 0 Å². The van der Waals surface area contributed by atoms with E-state index in [4.69, 9.17) is 34.6 Å². The predicted molar refractivity (Wildman–Crippen MR) is 119 cm³/mol. The Kier molecular flexibility index (Phi) is 9.66. The van der Waals surface area contributed by atoms with E-state index in [1.54, 1.807) is 0 Å². The standard InChI is InChI=1S/C17H25NO3.C6H8O7/c1-14(19-13-12-18-10-6-3-7-11-18)17(2)20-15-8-4-5-9-16(15)21-17;7-3(8)1-6(13,5(11)12)2-4(9)10/h4-5,8-9,14H,3,6-7,10-13H2,1-2H3;13H,1-2H2,(H,7,8)(H,9,10)(H,11,12).